The number of amides is 4. The predicted octanol–water partition coefficient (Wildman–Crippen LogP) is 4.24. The van der Waals surface area contributed by atoms with Crippen LogP contribution in [-0.4, -0.2) is 42.6 Å². The maximum atomic E-state index is 13.0. The first kappa shape index (κ1) is 21.2. The van der Waals surface area contributed by atoms with Crippen molar-refractivity contribution < 1.29 is 14.0 Å². The number of rotatable bonds is 4. The van der Waals surface area contributed by atoms with E-state index >= 15 is 0 Å². The van der Waals surface area contributed by atoms with Gasteiger partial charge in [-0.2, -0.15) is 0 Å². The minimum atomic E-state index is -0.343. The number of halogens is 1. The summed E-state index contributed by atoms with van der Waals surface area (Å²) < 4.78 is 13.0. The molecule has 0 saturated carbocycles. The fourth-order valence-corrected chi connectivity index (χ4v) is 4.50. The lowest BCUT2D eigenvalue weighted by atomic mass is 9.83. The van der Waals surface area contributed by atoms with Gasteiger partial charge in [0, 0.05) is 37.3 Å². The number of benzene rings is 2. The van der Waals surface area contributed by atoms with Crippen LogP contribution >= 0.6 is 0 Å². The molecule has 31 heavy (non-hydrogen) atoms. The third-order valence-corrected chi connectivity index (χ3v) is 6.21. The van der Waals surface area contributed by atoms with Crippen molar-refractivity contribution in [2.24, 2.45) is 0 Å². The molecule has 4 rings (SSSR count). The van der Waals surface area contributed by atoms with Gasteiger partial charge in [-0.05, 0) is 67.5 Å². The Morgan fingerprint density at radius 1 is 1.00 bits per heavy atom. The van der Waals surface area contributed by atoms with Crippen molar-refractivity contribution in [2.75, 3.05) is 25.0 Å². The molecule has 1 aliphatic heterocycles. The Labute approximate surface area is 182 Å². The topological polar surface area (TPSA) is 73.5 Å². The van der Waals surface area contributed by atoms with Gasteiger partial charge in [-0.3, -0.25) is 0 Å². The molecule has 1 fully saturated rings. The quantitative estimate of drug-likeness (QED) is 0.687. The first-order valence-corrected chi connectivity index (χ1v) is 11.0. The average Bonchev–Trinajstić information content (AvgIpc) is 2.79. The highest BCUT2D eigenvalue weighted by Gasteiger charge is 2.25. The average molecular weight is 425 g/mol. The maximum absolute atomic E-state index is 13.0. The van der Waals surface area contributed by atoms with Gasteiger partial charge in [-0.15, -0.1) is 0 Å². The first-order valence-electron chi connectivity index (χ1n) is 11.0. The van der Waals surface area contributed by atoms with Gasteiger partial charge in [0.2, 0.25) is 0 Å². The van der Waals surface area contributed by atoms with Crippen LogP contribution in [0.1, 0.15) is 42.7 Å². The van der Waals surface area contributed by atoms with E-state index in [2.05, 4.69) is 40.2 Å². The zero-order valence-corrected chi connectivity index (χ0v) is 17.6. The van der Waals surface area contributed by atoms with Gasteiger partial charge in [0.25, 0.3) is 0 Å². The smallest absolute Gasteiger partial charge is 0.319 e. The summed E-state index contributed by atoms with van der Waals surface area (Å²) in [5.74, 6) is 0.0348. The van der Waals surface area contributed by atoms with Crippen molar-refractivity contribution in [2.45, 2.75) is 44.1 Å². The van der Waals surface area contributed by atoms with Gasteiger partial charge >= 0.3 is 12.1 Å². The van der Waals surface area contributed by atoms with Crippen molar-refractivity contribution in [1.29, 1.82) is 0 Å². The van der Waals surface area contributed by atoms with E-state index in [0.29, 0.717) is 44.1 Å². The standard InChI is InChI=1S/C24H29FN4O2/c25-19-8-10-20(11-9-19)27-23(30)28-21-12-14-29(15-13-21)24(31)26-16-18-6-3-5-17-4-1-2-7-22(17)18/h1-2,4,7-11,18,21H,3,5-6,12-16H2,(H,26,31)(H2,27,28,30). The molecule has 1 aliphatic carbocycles. The second kappa shape index (κ2) is 9.81. The molecule has 0 spiro atoms. The number of carbonyl (C=O) groups excluding carboxylic acids is 2. The molecule has 0 aromatic heterocycles. The summed E-state index contributed by atoms with van der Waals surface area (Å²) in [4.78, 5) is 26.6. The van der Waals surface area contributed by atoms with E-state index in [-0.39, 0.29) is 23.9 Å². The summed E-state index contributed by atoms with van der Waals surface area (Å²) in [7, 11) is 0. The molecule has 1 saturated heterocycles. The Morgan fingerprint density at radius 3 is 2.52 bits per heavy atom. The van der Waals surface area contributed by atoms with Gasteiger partial charge in [0.15, 0.2) is 0 Å². The van der Waals surface area contributed by atoms with Crippen LogP contribution in [0.2, 0.25) is 0 Å². The molecule has 2 aromatic rings. The van der Waals surface area contributed by atoms with E-state index in [1.807, 2.05) is 4.90 Å². The first-order chi connectivity index (χ1) is 15.1. The van der Waals surface area contributed by atoms with Gasteiger partial charge in [0.1, 0.15) is 5.82 Å². The SMILES string of the molecule is O=C(Nc1ccc(F)cc1)NC1CCN(C(=O)NCC2CCCc3ccccc32)CC1. The summed E-state index contributed by atoms with van der Waals surface area (Å²) in [6.45, 7) is 1.87. The van der Waals surface area contributed by atoms with Crippen molar-refractivity contribution in [3.63, 3.8) is 0 Å². The number of carbonyl (C=O) groups is 2. The highest BCUT2D eigenvalue weighted by Crippen LogP contribution is 2.30. The zero-order valence-electron chi connectivity index (χ0n) is 17.6. The molecular formula is C24H29FN4O2. The fraction of sp³-hybridized carbons (Fsp3) is 0.417. The lowest BCUT2D eigenvalue weighted by Gasteiger charge is -2.33. The molecule has 0 bridgehead atoms. The van der Waals surface area contributed by atoms with Crippen LogP contribution < -0.4 is 16.0 Å². The van der Waals surface area contributed by atoms with Crippen LogP contribution in [0.25, 0.3) is 0 Å². The third kappa shape index (κ3) is 5.54. The Morgan fingerprint density at radius 2 is 1.74 bits per heavy atom. The molecular weight excluding hydrogens is 395 g/mol. The molecule has 1 atom stereocenters. The molecule has 164 valence electrons. The molecule has 2 aliphatic rings. The Balaban J connectivity index is 1.19. The van der Waals surface area contributed by atoms with Crippen molar-refractivity contribution in [1.82, 2.24) is 15.5 Å². The number of piperidine rings is 1. The van der Waals surface area contributed by atoms with E-state index in [1.165, 1.54) is 35.4 Å². The Hall–Kier alpha value is -3.09. The number of likely N-dealkylation sites (tertiary alicyclic amines) is 1. The lowest BCUT2D eigenvalue weighted by molar-refractivity contribution is 0.176. The van der Waals surface area contributed by atoms with Crippen molar-refractivity contribution in [3.05, 3.63) is 65.5 Å². The van der Waals surface area contributed by atoms with E-state index in [4.69, 9.17) is 0 Å². The monoisotopic (exact) mass is 424 g/mol. The molecule has 7 heteroatoms. The largest absolute Gasteiger partial charge is 0.337 e. The summed E-state index contributed by atoms with van der Waals surface area (Å²) in [5.41, 5.74) is 3.31. The Bertz CT molecular complexity index is 910. The maximum Gasteiger partial charge on any atom is 0.319 e. The van der Waals surface area contributed by atoms with E-state index in [0.717, 1.165) is 19.3 Å². The van der Waals surface area contributed by atoms with E-state index < -0.39 is 0 Å². The van der Waals surface area contributed by atoms with Crippen LogP contribution in [0.5, 0.6) is 0 Å². The van der Waals surface area contributed by atoms with Gasteiger partial charge in [-0.1, -0.05) is 24.3 Å². The summed E-state index contributed by atoms with van der Waals surface area (Å²) in [5, 5.41) is 8.75. The number of hydrogen-bond acceptors (Lipinski definition) is 2. The van der Waals surface area contributed by atoms with Crippen LogP contribution in [0.3, 0.4) is 0 Å². The number of fused-ring (bicyclic) bond motifs is 1. The van der Waals surface area contributed by atoms with Crippen LogP contribution in [0.4, 0.5) is 19.7 Å². The number of hydrogen-bond donors (Lipinski definition) is 3. The van der Waals surface area contributed by atoms with Gasteiger partial charge in [0.05, 0.1) is 0 Å². The normalized spacial score (nSPS) is 18.7. The summed E-state index contributed by atoms with van der Waals surface area (Å²) >= 11 is 0. The predicted molar refractivity (Wildman–Crippen MR) is 119 cm³/mol. The van der Waals surface area contributed by atoms with Crippen LogP contribution in [0, 0.1) is 5.82 Å². The second-order valence-electron chi connectivity index (χ2n) is 8.34. The molecule has 4 amide bonds. The number of nitrogens with zero attached hydrogens (tertiary/aromatic N) is 1. The number of urea groups is 2. The third-order valence-electron chi connectivity index (χ3n) is 6.21. The molecule has 3 N–H and O–H groups in total. The van der Waals surface area contributed by atoms with Crippen molar-refractivity contribution >= 4 is 17.7 Å². The molecule has 6 nitrogen and oxygen atoms in total. The Kier molecular flexibility index (Phi) is 6.70. The van der Waals surface area contributed by atoms with E-state index in [9.17, 15) is 14.0 Å². The van der Waals surface area contributed by atoms with Gasteiger partial charge < -0.3 is 20.9 Å². The van der Waals surface area contributed by atoms with Gasteiger partial charge in [-0.25, -0.2) is 14.0 Å². The molecule has 1 heterocycles. The number of nitrogens with one attached hydrogen (secondary N) is 3. The number of anilines is 1. The highest BCUT2D eigenvalue weighted by molar-refractivity contribution is 5.89. The lowest BCUT2D eigenvalue weighted by Crippen LogP contribution is -2.50. The van der Waals surface area contributed by atoms with Crippen molar-refractivity contribution in [3.8, 4) is 0 Å². The van der Waals surface area contributed by atoms with Crippen LogP contribution in [0.15, 0.2) is 48.5 Å². The minimum Gasteiger partial charge on any atom is -0.337 e. The minimum absolute atomic E-state index is 0.00900. The summed E-state index contributed by atoms with van der Waals surface area (Å²) in [6.07, 6.45) is 4.80. The molecule has 1 unspecified atom stereocenters. The fourth-order valence-electron chi connectivity index (χ4n) is 4.50. The molecule has 0 radical (unpaired) electrons. The summed E-state index contributed by atoms with van der Waals surface area (Å²) in [6, 6.07) is 13.8. The van der Waals surface area contributed by atoms with Crippen LogP contribution in [-0.2, 0) is 6.42 Å². The molecule has 2 aromatic carbocycles. The highest BCUT2D eigenvalue weighted by atomic mass is 19.1. The van der Waals surface area contributed by atoms with E-state index in [1.54, 1.807) is 0 Å². The second-order valence-corrected chi connectivity index (χ2v) is 8.34. The zero-order chi connectivity index (χ0) is 21.6. The number of aryl methyl sites for hydroxylation is 1.